The van der Waals surface area contributed by atoms with Gasteiger partial charge in [-0.05, 0) is 36.4 Å². The van der Waals surface area contributed by atoms with Gasteiger partial charge in [-0.1, -0.05) is 12.1 Å². The molecule has 28 heavy (non-hydrogen) atoms. The van der Waals surface area contributed by atoms with Crippen LogP contribution in [0.1, 0.15) is 33.7 Å². The third-order valence-electron chi connectivity index (χ3n) is 4.44. The molecule has 1 atom stereocenters. The lowest BCUT2D eigenvalue weighted by Crippen LogP contribution is -2.32. The molecule has 8 heteroatoms. The van der Waals surface area contributed by atoms with Crippen molar-refractivity contribution in [1.29, 1.82) is 0 Å². The number of carbonyl (C=O) groups excluding carboxylic acids is 2. The highest BCUT2D eigenvalue weighted by molar-refractivity contribution is 7.14. The van der Waals surface area contributed by atoms with Crippen LogP contribution in [0.2, 0.25) is 0 Å². The molecular weight excluding hydrogens is 394 g/mol. The van der Waals surface area contributed by atoms with E-state index in [9.17, 15) is 9.59 Å². The molecule has 1 fully saturated rings. The minimum Gasteiger partial charge on any atom is -0.376 e. The van der Waals surface area contributed by atoms with E-state index in [-0.39, 0.29) is 17.9 Å². The number of nitrogens with one attached hydrogen (secondary N) is 2. The number of rotatable bonds is 6. The Morgan fingerprint density at radius 2 is 2.07 bits per heavy atom. The van der Waals surface area contributed by atoms with Gasteiger partial charge in [-0.3, -0.25) is 9.59 Å². The van der Waals surface area contributed by atoms with Crippen molar-refractivity contribution in [2.45, 2.75) is 18.9 Å². The number of carbonyl (C=O) groups is 2. The fraction of sp³-hybridized carbons (Fsp3) is 0.250. The van der Waals surface area contributed by atoms with Crippen LogP contribution in [0.5, 0.6) is 0 Å². The summed E-state index contributed by atoms with van der Waals surface area (Å²) in [5.41, 5.74) is 2.22. The van der Waals surface area contributed by atoms with Crippen molar-refractivity contribution in [3.63, 3.8) is 0 Å². The second-order valence-corrected chi connectivity index (χ2v) is 8.03. The van der Waals surface area contributed by atoms with Crippen molar-refractivity contribution in [3.05, 3.63) is 57.7 Å². The van der Waals surface area contributed by atoms with Crippen LogP contribution in [0.4, 0.5) is 5.69 Å². The Bertz CT molecular complexity index is 963. The molecule has 4 rings (SSSR count). The Balaban J connectivity index is 1.44. The average molecular weight is 414 g/mol. The van der Waals surface area contributed by atoms with Gasteiger partial charge < -0.3 is 15.4 Å². The van der Waals surface area contributed by atoms with Gasteiger partial charge in [-0.25, -0.2) is 4.98 Å². The van der Waals surface area contributed by atoms with E-state index >= 15 is 0 Å². The maximum Gasteiger partial charge on any atom is 0.275 e. The van der Waals surface area contributed by atoms with E-state index in [1.54, 1.807) is 41.0 Å². The van der Waals surface area contributed by atoms with Crippen LogP contribution < -0.4 is 10.6 Å². The smallest absolute Gasteiger partial charge is 0.275 e. The van der Waals surface area contributed by atoms with Crippen molar-refractivity contribution in [1.82, 2.24) is 10.3 Å². The molecule has 2 aromatic heterocycles. The molecule has 1 saturated heterocycles. The lowest BCUT2D eigenvalue weighted by molar-refractivity contribution is 0.0858. The summed E-state index contributed by atoms with van der Waals surface area (Å²) in [5, 5.41) is 12.2. The summed E-state index contributed by atoms with van der Waals surface area (Å²) in [7, 11) is 0. The summed E-state index contributed by atoms with van der Waals surface area (Å²) in [6.07, 6.45) is 2.04. The van der Waals surface area contributed by atoms with Gasteiger partial charge >= 0.3 is 0 Å². The molecule has 1 aromatic carbocycles. The maximum absolute atomic E-state index is 12.6. The van der Waals surface area contributed by atoms with Crippen molar-refractivity contribution in [2.24, 2.45) is 0 Å². The summed E-state index contributed by atoms with van der Waals surface area (Å²) >= 11 is 3.01. The zero-order valence-corrected chi connectivity index (χ0v) is 16.6. The molecule has 0 saturated carbocycles. The van der Waals surface area contributed by atoms with Crippen LogP contribution in [0.15, 0.2) is 46.5 Å². The molecular formula is C20H19N3O3S2. The predicted molar refractivity (Wildman–Crippen MR) is 111 cm³/mol. The number of aromatic nitrogens is 1. The fourth-order valence-electron chi connectivity index (χ4n) is 2.98. The summed E-state index contributed by atoms with van der Waals surface area (Å²) in [4.78, 5) is 29.6. The number of hydrogen-bond donors (Lipinski definition) is 2. The normalized spacial score (nSPS) is 16.1. The lowest BCUT2D eigenvalue weighted by atomic mass is 10.1. The molecule has 2 N–H and O–H groups in total. The first-order chi connectivity index (χ1) is 13.7. The van der Waals surface area contributed by atoms with Crippen molar-refractivity contribution in [2.75, 3.05) is 18.5 Å². The summed E-state index contributed by atoms with van der Waals surface area (Å²) in [6, 6.07) is 8.93. The van der Waals surface area contributed by atoms with Gasteiger partial charge in [0.1, 0.15) is 10.7 Å². The molecule has 1 aliphatic heterocycles. The van der Waals surface area contributed by atoms with Crippen LogP contribution >= 0.6 is 22.7 Å². The summed E-state index contributed by atoms with van der Waals surface area (Å²) in [5.74, 6) is -0.569. The van der Waals surface area contributed by atoms with Crippen LogP contribution in [0.3, 0.4) is 0 Å². The highest BCUT2D eigenvalue weighted by Crippen LogP contribution is 2.26. The number of benzene rings is 1. The molecule has 144 valence electrons. The number of amides is 2. The third-order valence-corrected chi connectivity index (χ3v) is 6.01. The Morgan fingerprint density at radius 1 is 1.18 bits per heavy atom. The van der Waals surface area contributed by atoms with E-state index in [0.29, 0.717) is 23.5 Å². The Hall–Kier alpha value is -2.55. The number of anilines is 1. The monoisotopic (exact) mass is 413 g/mol. The number of thiazole rings is 1. The third kappa shape index (κ3) is 4.30. The first-order valence-electron chi connectivity index (χ1n) is 8.99. The molecule has 0 bridgehead atoms. The van der Waals surface area contributed by atoms with E-state index in [1.165, 1.54) is 11.3 Å². The van der Waals surface area contributed by atoms with E-state index in [0.717, 1.165) is 30.0 Å². The quantitative estimate of drug-likeness (QED) is 0.639. The molecule has 3 heterocycles. The average Bonchev–Trinajstić information content (AvgIpc) is 3.48. The number of hydrogen-bond acceptors (Lipinski definition) is 6. The standard InChI is InChI=1S/C20H19N3O3S2/c24-18(21-10-14-4-3-8-26-14)15-5-1-2-6-16(15)22-19(25)17-12-28-20(23-17)13-7-9-27-11-13/h1-2,5-7,9,11-12,14H,3-4,8,10H2,(H,21,24)(H,22,25). The van der Waals surface area contributed by atoms with Crippen LogP contribution in [-0.2, 0) is 4.74 Å². The number of thiophene rings is 1. The van der Waals surface area contributed by atoms with Gasteiger partial charge in [0.2, 0.25) is 0 Å². The number of nitrogens with zero attached hydrogens (tertiary/aromatic N) is 1. The fourth-order valence-corrected chi connectivity index (χ4v) is 4.49. The van der Waals surface area contributed by atoms with Crippen LogP contribution in [0, 0.1) is 0 Å². The van der Waals surface area contributed by atoms with Crippen molar-refractivity contribution < 1.29 is 14.3 Å². The van der Waals surface area contributed by atoms with Gasteiger partial charge in [0.15, 0.2) is 0 Å². The summed E-state index contributed by atoms with van der Waals surface area (Å²) < 4.78 is 5.53. The van der Waals surface area contributed by atoms with Crippen LogP contribution in [0.25, 0.3) is 10.6 Å². The molecule has 6 nitrogen and oxygen atoms in total. The topological polar surface area (TPSA) is 80.3 Å². The Morgan fingerprint density at radius 3 is 2.86 bits per heavy atom. The SMILES string of the molecule is O=C(Nc1ccccc1C(=O)NCC1CCCO1)c1csc(-c2ccsc2)n1. The van der Waals surface area contributed by atoms with E-state index < -0.39 is 0 Å². The van der Waals surface area contributed by atoms with Gasteiger partial charge in [-0.15, -0.1) is 11.3 Å². The van der Waals surface area contributed by atoms with Crippen LogP contribution in [-0.4, -0.2) is 36.1 Å². The maximum atomic E-state index is 12.6. The predicted octanol–water partition coefficient (Wildman–Crippen LogP) is 4.03. The minimum atomic E-state index is -0.336. The van der Waals surface area contributed by atoms with Gasteiger partial charge in [-0.2, -0.15) is 11.3 Å². The van der Waals surface area contributed by atoms with Crippen molar-refractivity contribution in [3.8, 4) is 10.6 Å². The number of ether oxygens (including phenoxy) is 1. The highest BCUT2D eigenvalue weighted by Gasteiger charge is 2.19. The molecule has 1 unspecified atom stereocenters. The summed E-state index contributed by atoms with van der Waals surface area (Å²) in [6.45, 7) is 1.21. The van der Waals surface area contributed by atoms with Gasteiger partial charge in [0.05, 0.1) is 17.4 Å². The first kappa shape index (κ1) is 18.8. The first-order valence-corrected chi connectivity index (χ1v) is 10.8. The minimum absolute atomic E-state index is 0.0660. The molecule has 2 amide bonds. The Kier molecular flexibility index (Phi) is 5.80. The largest absolute Gasteiger partial charge is 0.376 e. The van der Waals surface area contributed by atoms with Gasteiger partial charge in [0, 0.05) is 29.5 Å². The molecule has 1 aliphatic rings. The number of para-hydroxylation sites is 1. The Labute approximate surface area is 170 Å². The lowest BCUT2D eigenvalue weighted by Gasteiger charge is -2.13. The second kappa shape index (κ2) is 8.64. The van der Waals surface area contributed by atoms with E-state index in [2.05, 4.69) is 15.6 Å². The molecule has 3 aromatic rings. The molecule has 0 spiro atoms. The van der Waals surface area contributed by atoms with E-state index in [4.69, 9.17) is 4.74 Å². The zero-order valence-electron chi connectivity index (χ0n) is 15.0. The van der Waals surface area contributed by atoms with E-state index in [1.807, 2.05) is 16.8 Å². The zero-order chi connectivity index (χ0) is 19.3. The molecule has 0 aliphatic carbocycles. The van der Waals surface area contributed by atoms with Gasteiger partial charge in [0.25, 0.3) is 11.8 Å². The molecule has 0 radical (unpaired) electrons. The van der Waals surface area contributed by atoms with Crippen molar-refractivity contribution >= 4 is 40.2 Å². The highest BCUT2D eigenvalue weighted by atomic mass is 32.1. The second-order valence-electron chi connectivity index (χ2n) is 6.39.